The van der Waals surface area contributed by atoms with Crippen LogP contribution in [-0.4, -0.2) is 21.1 Å². The van der Waals surface area contributed by atoms with Gasteiger partial charge < -0.3 is 4.74 Å². The quantitative estimate of drug-likeness (QED) is 0.934. The molecule has 0 saturated heterocycles. The zero-order chi connectivity index (χ0) is 15.0. The van der Waals surface area contributed by atoms with Crippen LogP contribution in [0, 0.1) is 13.8 Å². The maximum absolute atomic E-state index is 12.5. The summed E-state index contributed by atoms with van der Waals surface area (Å²) < 4.78 is 32.7. The van der Waals surface area contributed by atoms with Gasteiger partial charge in [-0.3, -0.25) is 0 Å². The molecule has 0 radical (unpaired) electrons. The lowest BCUT2D eigenvalue weighted by molar-refractivity contribution is 0.400. The van der Waals surface area contributed by atoms with E-state index < -0.39 is 15.6 Å². The van der Waals surface area contributed by atoms with Gasteiger partial charge in [-0.2, -0.15) is 0 Å². The normalized spacial score (nSPS) is 12.6. The molecule has 1 rings (SSSR count). The molecule has 1 aromatic carbocycles. The zero-order valence-electron chi connectivity index (χ0n) is 12.1. The summed E-state index contributed by atoms with van der Waals surface area (Å²) in [5, 5.41) is 0.440. The van der Waals surface area contributed by atoms with Crippen molar-refractivity contribution in [3.63, 3.8) is 0 Å². The topological polar surface area (TPSA) is 55.4 Å². The fourth-order valence-electron chi connectivity index (χ4n) is 1.85. The van der Waals surface area contributed by atoms with E-state index in [1.54, 1.807) is 33.8 Å². The third-order valence-electron chi connectivity index (χ3n) is 2.52. The first kappa shape index (κ1) is 16.3. The summed E-state index contributed by atoms with van der Waals surface area (Å²) in [5.41, 5.74) is 0.703. The van der Waals surface area contributed by atoms with Gasteiger partial charge in [0.2, 0.25) is 10.0 Å². The molecule has 0 aliphatic rings. The highest BCUT2D eigenvalue weighted by Crippen LogP contribution is 2.35. The smallest absolute Gasteiger partial charge is 0.245 e. The van der Waals surface area contributed by atoms with E-state index in [2.05, 4.69) is 4.72 Å². The van der Waals surface area contributed by atoms with E-state index in [1.165, 1.54) is 7.11 Å². The summed E-state index contributed by atoms with van der Waals surface area (Å²) in [7, 11) is -2.25. The monoisotopic (exact) mass is 305 g/mol. The van der Waals surface area contributed by atoms with Crippen LogP contribution in [0.4, 0.5) is 0 Å². The average Bonchev–Trinajstić information content (AvgIpc) is 2.21. The van der Waals surface area contributed by atoms with Crippen molar-refractivity contribution >= 4 is 21.6 Å². The minimum Gasteiger partial charge on any atom is -0.495 e. The van der Waals surface area contributed by atoms with E-state index in [4.69, 9.17) is 16.3 Å². The molecule has 0 fully saturated rings. The van der Waals surface area contributed by atoms with Gasteiger partial charge in [0.15, 0.2) is 0 Å². The number of aryl methyl sites for hydroxylation is 1. The number of rotatable bonds is 3. The standard InChI is InChI=1S/C13H20ClNO3S/c1-8-7-10(18-6)12(9(2)11(8)14)19(16,17)15-13(3,4)5/h7,15H,1-6H3. The van der Waals surface area contributed by atoms with Crippen molar-refractivity contribution in [1.82, 2.24) is 4.72 Å². The Labute approximate surface area is 120 Å². The molecule has 0 aromatic heterocycles. The number of halogens is 1. The van der Waals surface area contributed by atoms with E-state index >= 15 is 0 Å². The fourth-order valence-corrected chi connectivity index (χ4v) is 3.87. The van der Waals surface area contributed by atoms with Crippen LogP contribution < -0.4 is 9.46 Å². The lowest BCUT2D eigenvalue weighted by Gasteiger charge is -2.23. The Balaban J connectivity index is 3.54. The number of benzene rings is 1. The molecule has 0 heterocycles. The number of hydrogen-bond acceptors (Lipinski definition) is 3. The van der Waals surface area contributed by atoms with Crippen molar-refractivity contribution in [3.8, 4) is 5.75 Å². The second-order valence-electron chi connectivity index (χ2n) is 5.52. The van der Waals surface area contributed by atoms with Gasteiger partial charge in [0.05, 0.1) is 7.11 Å². The third kappa shape index (κ3) is 3.61. The first-order chi connectivity index (χ1) is 8.49. The molecular formula is C13H20ClNO3S. The highest BCUT2D eigenvalue weighted by atomic mass is 35.5. The van der Waals surface area contributed by atoms with Gasteiger partial charge in [0.1, 0.15) is 10.6 Å². The van der Waals surface area contributed by atoms with Crippen LogP contribution in [-0.2, 0) is 10.0 Å². The summed E-state index contributed by atoms with van der Waals surface area (Å²) >= 11 is 6.14. The summed E-state index contributed by atoms with van der Waals surface area (Å²) in [6.07, 6.45) is 0. The molecule has 1 N–H and O–H groups in total. The molecule has 0 atom stereocenters. The molecule has 0 spiro atoms. The first-order valence-electron chi connectivity index (χ1n) is 5.87. The zero-order valence-corrected chi connectivity index (χ0v) is 13.7. The van der Waals surface area contributed by atoms with Gasteiger partial charge in [0, 0.05) is 10.6 Å². The molecule has 0 bridgehead atoms. The second-order valence-corrected chi connectivity index (χ2v) is 7.52. The van der Waals surface area contributed by atoms with E-state index in [-0.39, 0.29) is 4.90 Å². The van der Waals surface area contributed by atoms with E-state index in [0.717, 1.165) is 5.56 Å². The van der Waals surface area contributed by atoms with Gasteiger partial charge in [-0.05, 0) is 51.8 Å². The predicted octanol–water partition coefficient (Wildman–Crippen LogP) is 3.04. The van der Waals surface area contributed by atoms with Gasteiger partial charge in [-0.1, -0.05) is 11.6 Å². The van der Waals surface area contributed by atoms with Crippen LogP contribution >= 0.6 is 11.6 Å². The lowest BCUT2D eigenvalue weighted by atomic mass is 10.1. The minimum atomic E-state index is -3.69. The van der Waals surface area contributed by atoms with Crippen LogP contribution in [0.5, 0.6) is 5.75 Å². The largest absolute Gasteiger partial charge is 0.495 e. The van der Waals surface area contributed by atoms with E-state index in [0.29, 0.717) is 16.3 Å². The van der Waals surface area contributed by atoms with E-state index in [9.17, 15) is 8.42 Å². The Morgan fingerprint density at radius 1 is 1.26 bits per heavy atom. The van der Waals surface area contributed by atoms with Crippen LogP contribution in [0.2, 0.25) is 5.02 Å². The Morgan fingerprint density at radius 3 is 2.21 bits per heavy atom. The molecule has 6 heteroatoms. The van der Waals surface area contributed by atoms with Crippen molar-refractivity contribution in [2.24, 2.45) is 0 Å². The second kappa shape index (κ2) is 5.31. The molecule has 0 unspecified atom stereocenters. The summed E-state index contributed by atoms with van der Waals surface area (Å²) in [4.78, 5) is 0.0977. The van der Waals surface area contributed by atoms with Crippen molar-refractivity contribution < 1.29 is 13.2 Å². The summed E-state index contributed by atoms with van der Waals surface area (Å²) in [5.74, 6) is 0.302. The van der Waals surface area contributed by atoms with Crippen LogP contribution in [0.25, 0.3) is 0 Å². The van der Waals surface area contributed by atoms with Crippen LogP contribution in [0.3, 0.4) is 0 Å². The molecule has 1 aromatic rings. The molecule has 0 amide bonds. The SMILES string of the molecule is COc1cc(C)c(Cl)c(C)c1S(=O)(=O)NC(C)(C)C. The summed E-state index contributed by atoms with van der Waals surface area (Å²) in [6.45, 7) is 8.83. The maximum Gasteiger partial charge on any atom is 0.245 e. The Bertz CT molecular complexity index is 589. The van der Waals surface area contributed by atoms with E-state index in [1.807, 2.05) is 6.92 Å². The van der Waals surface area contributed by atoms with Crippen LogP contribution in [0.15, 0.2) is 11.0 Å². The van der Waals surface area contributed by atoms with Crippen molar-refractivity contribution in [2.45, 2.75) is 45.1 Å². The molecule has 19 heavy (non-hydrogen) atoms. The molecule has 4 nitrogen and oxygen atoms in total. The van der Waals surface area contributed by atoms with Gasteiger partial charge in [-0.15, -0.1) is 0 Å². The molecule has 0 aliphatic carbocycles. The number of sulfonamides is 1. The molecule has 108 valence electrons. The Hall–Kier alpha value is -0.780. The van der Waals surface area contributed by atoms with Crippen molar-refractivity contribution in [3.05, 3.63) is 22.2 Å². The highest BCUT2D eigenvalue weighted by Gasteiger charge is 2.28. The number of nitrogens with one attached hydrogen (secondary N) is 1. The minimum absolute atomic E-state index is 0.0977. The number of hydrogen-bond donors (Lipinski definition) is 1. The van der Waals surface area contributed by atoms with Gasteiger partial charge in [-0.25, -0.2) is 13.1 Å². The Kier molecular flexibility index (Phi) is 4.55. The third-order valence-corrected chi connectivity index (χ3v) is 5.02. The molecule has 0 saturated carbocycles. The molecular weight excluding hydrogens is 286 g/mol. The first-order valence-corrected chi connectivity index (χ1v) is 7.73. The van der Waals surface area contributed by atoms with Crippen LogP contribution in [0.1, 0.15) is 31.9 Å². The number of methoxy groups -OCH3 is 1. The Morgan fingerprint density at radius 2 is 1.79 bits per heavy atom. The van der Waals surface area contributed by atoms with Gasteiger partial charge in [0.25, 0.3) is 0 Å². The van der Waals surface area contributed by atoms with Crippen molar-refractivity contribution in [1.29, 1.82) is 0 Å². The lowest BCUT2D eigenvalue weighted by Crippen LogP contribution is -2.40. The summed E-state index contributed by atoms with van der Waals surface area (Å²) in [6, 6.07) is 1.63. The van der Waals surface area contributed by atoms with Crippen molar-refractivity contribution in [2.75, 3.05) is 7.11 Å². The maximum atomic E-state index is 12.5. The highest BCUT2D eigenvalue weighted by molar-refractivity contribution is 7.89. The molecule has 0 aliphatic heterocycles. The van der Waals surface area contributed by atoms with Gasteiger partial charge >= 0.3 is 0 Å². The number of ether oxygens (including phenoxy) is 1. The fraction of sp³-hybridized carbons (Fsp3) is 0.538. The predicted molar refractivity (Wildman–Crippen MR) is 77.6 cm³/mol. The average molecular weight is 306 g/mol.